The summed E-state index contributed by atoms with van der Waals surface area (Å²) < 4.78 is 14.3. The van der Waals surface area contributed by atoms with Crippen LogP contribution in [0.4, 0.5) is 0 Å². The molecule has 0 N–H and O–H groups in total. The first-order valence-electron chi connectivity index (χ1n) is 6.53. The van der Waals surface area contributed by atoms with Crippen molar-refractivity contribution in [3.05, 3.63) is 24.3 Å². The van der Waals surface area contributed by atoms with Crippen molar-refractivity contribution in [1.82, 2.24) is 8.61 Å². The summed E-state index contributed by atoms with van der Waals surface area (Å²) in [5, 5.41) is 0. The second-order valence-corrected chi connectivity index (χ2v) is 7.42. The summed E-state index contributed by atoms with van der Waals surface area (Å²) in [6.45, 7) is 4.33. The lowest BCUT2D eigenvalue weighted by molar-refractivity contribution is 0.226. The van der Waals surface area contributed by atoms with E-state index in [1.54, 1.807) is 11.9 Å². The lowest BCUT2D eigenvalue weighted by Gasteiger charge is -2.27. The number of hydrogen-bond donors (Lipinski definition) is 0. The summed E-state index contributed by atoms with van der Waals surface area (Å²) in [7, 11) is 0. The molecule has 0 aliphatic carbocycles. The molecule has 2 heterocycles. The molecule has 0 saturated carbocycles. The Labute approximate surface area is 116 Å². The Morgan fingerprint density at radius 1 is 1.11 bits per heavy atom. The van der Waals surface area contributed by atoms with Gasteiger partial charge in [-0.1, -0.05) is 22.3 Å². The summed E-state index contributed by atoms with van der Waals surface area (Å²) >= 11 is 0.669. The zero-order valence-corrected chi connectivity index (χ0v) is 12.0. The molecule has 2 aliphatic rings. The van der Waals surface area contributed by atoms with Gasteiger partial charge >= 0.3 is 0 Å². The first-order valence-corrected chi connectivity index (χ1v) is 8.41. The van der Waals surface area contributed by atoms with Crippen molar-refractivity contribution >= 4 is 23.3 Å². The molecule has 18 heavy (non-hydrogen) atoms. The topological polar surface area (TPSA) is 29.5 Å². The second kappa shape index (κ2) is 5.84. The van der Waals surface area contributed by atoms with Gasteiger partial charge in [-0.05, 0) is 38.1 Å². The fraction of sp³-hybridized carbons (Fsp3) is 0.538. The van der Waals surface area contributed by atoms with E-state index < -0.39 is 11.4 Å². The highest BCUT2D eigenvalue weighted by atomic mass is 32.3. The van der Waals surface area contributed by atoms with Crippen molar-refractivity contribution < 1.29 is 4.55 Å². The van der Waals surface area contributed by atoms with Gasteiger partial charge in [0.2, 0.25) is 0 Å². The molecule has 3 rings (SSSR count). The van der Waals surface area contributed by atoms with E-state index in [9.17, 15) is 4.55 Å². The number of rotatable bonds is 3. The predicted molar refractivity (Wildman–Crippen MR) is 75.7 cm³/mol. The second-order valence-electron chi connectivity index (χ2n) is 4.75. The number of piperidine rings is 1. The van der Waals surface area contributed by atoms with Crippen molar-refractivity contribution in [2.75, 3.05) is 26.2 Å². The van der Waals surface area contributed by atoms with E-state index in [0.717, 1.165) is 22.9 Å². The van der Waals surface area contributed by atoms with Gasteiger partial charge in [0.25, 0.3) is 0 Å². The van der Waals surface area contributed by atoms with E-state index in [2.05, 4.69) is 11.0 Å². The number of nitrogens with zero attached hydrogens (tertiary/aromatic N) is 2. The average molecular weight is 282 g/mol. The van der Waals surface area contributed by atoms with Crippen molar-refractivity contribution in [3.8, 4) is 0 Å². The van der Waals surface area contributed by atoms with Crippen LogP contribution in [0.25, 0.3) is 0 Å². The van der Waals surface area contributed by atoms with Crippen LogP contribution in [0, 0.1) is 0 Å². The zero-order chi connectivity index (χ0) is 12.4. The third kappa shape index (κ3) is 2.70. The SMILES string of the molecule is [O-][S+]1c2ccccc2SN1CCN1CCCCC1. The molecule has 1 aromatic carbocycles. The fourth-order valence-corrected chi connectivity index (χ4v) is 5.13. The highest BCUT2D eigenvalue weighted by Gasteiger charge is 2.34. The Hall–Kier alpha value is -0.200. The van der Waals surface area contributed by atoms with Gasteiger partial charge in [0.15, 0.2) is 4.90 Å². The molecule has 1 unspecified atom stereocenters. The quantitative estimate of drug-likeness (QED) is 0.629. The Bertz CT molecular complexity index is 410. The smallest absolute Gasteiger partial charge is 0.190 e. The largest absolute Gasteiger partial charge is 0.592 e. The van der Waals surface area contributed by atoms with Crippen LogP contribution in [0.1, 0.15) is 19.3 Å². The number of fused-ring (bicyclic) bond motifs is 1. The van der Waals surface area contributed by atoms with E-state index in [1.165, 1.54) is 32.4 Å². The molecule has 3 nitrogen and oxygen atoms in total. The van der Waals surface area contributed by atoms with Crippen LogP contribution in [-0.4, -0.2) is 39.3 Å². The first-order chi connectivity index (χ1) is 8.84. The zero-order valence-electron chi connectivity index (χ0n) is 10.4. The number of benzene rings is 1. The average Bonchev–Trinajstić information content (AvgIpc) is 2.75. The minimum Gasteiger partial charge on any atom is -0.592 e. The fourth-order valence-electron chi connectivity index (χ4n) is 2.46. The maximum absolute atomic E-state index is 12.3. The maximum Gasteiger partial charge on any atom is 0.190 e. The summed E-state index contributed by atoms with van der Waals surface area (Å²) in [5.74, 6) is 0. The van der Waals surface area contributed by atoms with Crippen LogP contribution in [-0.2, 0) is 11.4 Å². The normalized spacial score (nSPS) is 25.3. The monoisotopic (exact) mass is 282 g/mol. The third-order valence-corrected chi connectivity index (χ3v) is 6.45. The Morgan fingerprint density at radius 3 is 2.67 bits per heavy atom. The lowest BCUT2D eigenvalue weighted by Crippen LogP contribution is -2.36. The van der Waals surface area contributed by atoms with Gasteiger partial charge in [0.1, 0.15) is 0 Å². The van der Waals surface area contributed by atoms with Crippen molar-refractivity contribution in [3.63, 3.8) is 0 Å². The first kappa shape index (κ1) is 12.8. The highest BCUT2D eigenvalue weighted by molar-refractivity contribution is 8.11. The van der Waals surface area contributed by atoms with Gasteiger partial charge in [-0.3, -0.25) is 0 Å². The van der Waals surface area contributed by atoms with Gasteiger partial charge < -0.3 is 9.45 Å². The standard InChI is InChI=1S/C13H18N2OS2/c16-18-13-7-3-2-6-12(13)17-15(18)11-10-14-8-4-1-5-9-14/h2-3,6-7H,1,4-5,8-11H2. The number of hydrogen-bond acceptors (Lipinski definition) is 4. The van der Waals surface area contributed by atoms with Crippen LogP contribution in [0.2, 0.25) is 0 Å². The highest BCUT2D eigenvalue weighted by Crippen LogP contribution is 2.40. The van der Waals surface area contributed by atoms with E-state index in [-0.39, 0.29) is 0 Å². The molecule has 1 atom stereocenters. The molecule has 1 aromatic rings. The molecule has 0 amide bonds. The third-order valence-electron chi connectivity index (χ3n) is 3.47. The molecule has 98 valence electrons. The van der Waals surface area contributed by atoms with Gasteiger partial charge in [-0.2, -0.15) is 0 Å². The minimum atomic E-state index is -0.970. The van der Waals surface area contributed by atoms with E-state index in [1.807, 2.05) is 21.9 Å². The van der Waals surface area contributed by atoms with E-state index in [0.29, 0.717) is 0 Å². The summed E-state index contributed by atoms with van der Waals surface area (Å²) in [4.78, 5) is 4.61. The molecule has 5 heteroatoms. The predicted octanol–water partition coefficient (Wildman–Crippen LogP) is 2.52. The van der Waals surface area contributed by atoms with Crippen LogP contribution in [0.5, 0.6) is 0 Å². The van der Waals surface area contributed by atoms with Gasteiger partial charge in [0, 0.05) is 18.5 Å². The molecular weight excluding hydrogens is 264 g/mol. The minimum absolute atomic E-state index is 0.881. The summed E-state index contributed by atoms with van der Waals surface area (Å²) in [6, 6.07) is 8.00. The van der Waals surface area contributed by atoms with Crippen LogP contribution < -0.4 is 0 Å². The van der Waals surface area contributed by atoms with Crippen molar-refractivity contribution in [2.24, 2.45) is 0 Å². The van der Waals surface area contributed by atoms with Crippen molar-refractivity contribution in [1.29, 1.82) is 0 Å². The van der Waals surface area contributed by atoms with Gasteiger partial charge in [-0.25, -0.2) is 0 Å². The van der Waals surface area contributed by atoms with Gasteiger partial charge in [-0.15, -0.1) is 0 Å². The van der Waals surface area contributed by atoms with Crippen LogP contribution in [0.15, 0.2) is 34.1 Å². The van der Waals surface area contributed by atoms with E-state index in [4.69, 9.17) is 0 Å². The van der Waals surface area contributed by atoms with Crippen LogP contribution >= 0.6 is 11.9 Å². The molecule has 0 radical (unpaired) electrons. The number of likely N-dealkylation sites (tertiary alicyclic amines) is 1. The summed E-state index contributed by atoms with van der Waals surface area (Å²) in [5.41, 5.74) is 0. The molecule has 0 spiro atoms. The maximum atomic E-state index is 12.3. The molecule has 1 fully saturated rings. The molecule has 0 aromatic heterocycles. The van der Waals surface area contributed by atoms with Crippen molar-refractivity contribution in [2.45, 2.75) is 29.1 Å². The molecule has 2 aliphatic heterocycles. The Morgan fingerprint density at radius 2 is 1.89 bits per heavy atom. The molecule has 0 bridgehead atoms. The van der Waals surface area contributed by atoms with E-state index >= 15 is 0 Å². The Kier molecular flexibility index (Phi) is 4.16. The molecule has 1 saturated heterocycles. The summed E-state index contributed by atoms with van der Waals surface area (Å²) in [6.07, 6.45) is 4.00. The van der Waals surface area contributed by atoms with Crippen LogP contribution in [0.3, 0.4) is 0 Å². The lowest BCUT2D eigenvalue weighted by atomic mass is 10.1. The Balaban J connectivity index is 1.56. The van der Waals surface area contributed by atoms with Gasteiger partial charge in [0.05, 0.1) is 22.8 Å². The molecular formula is C13H18N2OS2.